The van der Waals surface area contributed by atoms with Crippen LogP contribution in [0.4, 0.5) is 17.1 Å². The normalized spacial score (nSPS) is 14.5. The van der Waals surface area contributed by atoms with Gasteiger partial charge in [-0.25, -0.2) is 0 Å². The molecule has 0 saturated heterocycles. The molecule has 8 aromatic rings. The van der Waals surface area contributed by atoms with E-state index in [2.05, 4.69) is 248 Å². The molecule has 61 heavy (non-hydrogen) atoms. The molecule has 0 heterocycles. The lowest BCUT2D eigenvalue weighted by atomic mass is 9.67. The smallest absolute Gasteiger partial charge is 0.0714 e. The third kappa shape index (κ3) is 6.04. The van der Waals surface area contributed by atoms with Crippen molar-refractivity contribution in [3.63, 3.8) is 0 Å². The topological polar surface area (TPSA) is 3.24 Å². The van der Waals surface area contributed by atoms with Gasteiger partial charge < -0.3 is 4.90 Å². The largest absolute Gasteiger partial charge is 0.310 e. The van der Waals surface area contributed by atoms with Gasteiger partial charge in [0.05, 0.1) is 11.1 Å². The Kier molecular flexibility index (Phi) is 8.93. The van der Waals surface area contributed by atoms with Crippen molar-refractivity contribution in [1.29, 1.82) is 0 Å². The molecule has 0 saturated carbocycles. The molecule has 0 N–H and O–H groups in total. The number of benzene rings is 8. The lowest BCUT2D eigenvalue weighted by molar-refractivity contribution is 0.545. The van der Waals surface area contributed by atoms with E-state index in [1.807, 2.05) is 0 Å². The number of nitrogens with zero attached hydrogens (tertiary/aromatic N) is 1. The summed E-state index contributed by atoms with van der Waals surface area (Å²) >= 11 is 0. The van der Waals surface area contributed by atoms with Crippen molar-refractivity contribution >= 4 is 17.1 Å². The van der Waals surface area contributed by atoms with E-state index >= 15 is 0 Å². The van der Waals surface area contributed by atoms with Crippen LogP contribution in [0.15, 0.2) is 188 Å². The predicted molar refractivity (Wildman–Crippen MR) is 259 cm³/mol. The Morgan fingerprint density at radius 3 is 1.57 bits per heavy atom. The Labute approximate surface area is 363 Å². The van der Waals surface area contributed by atoms with E-state index in [0.717, 1.165) is 11.4 Å². The van der Waals surface area contributed by atoms with Crippen LogP contribution in [0.2, 0.25) is 0 Å². The zero-order chi connectivity index (χ0) is 42.3. The molecule has 0 spiro atoms. The molecule has 0 fully saturated rings. The molecule has 300 valence electrons. The Bertz CT molecular complexity index is 2890. The molecule has 1 nitrogen and oxygen atoms in total. The quantitative estimate of drug-likeness (QED) is 0.162. The third-order valence-electron chi connectivity index (χ3n) is 13.6. The number of fused-ring (bicyclic) bond motifs is 6. The molecule has 0 radical (unpaired) electrons. The second-order valence-corrected chi connectivity index (χ2v) is 19.8. The first-order chi connectivity index (χ1) is 29.3. The second kappa shape index (κ2) is 14.1. The number of anilines is 3. The molecule has 0 unspecified atom stereocenters. The molecule has 2 aliphatic carbocycles. The average molecular weight is 790 g/mol. The van der Waals surface area contributed by atoms with Gasteiger partial charge in [0, 0.05) is 22.4 Å². The molecule has 10 rings (SSSR count). The van der Waals surface area contributed by atoms with Crippen molar-refractivity contribution in [1.82, 2.24) is 0 Å². The van der Waals surface area contributed by atoms with Gasteiger partial charge in [-0.15, -0.1) is 0 Å². The summed E-state index contributed by atoms with van der Waals surface area (Å²) in [6.45, 7) is 19.1. The number of rotatable bonds is 6. The van der Waals surface area contributed by atoms with Gasteiger partial charge in [-0.1, -0.05) is 213 Å². The summed E-state index contributed by atoms with van der Waals surface area (Å²) in [6, 6.07) is 70.6. The van der Waals surface area contributed by atoms with Crippen molar-refractivity contribution < 1.29 is 0 Å². The highest BCUT2D eigenvalue weighted by molar-refractivity contribution is 5.96. The molecule has 0 atom stereocenters. The summed E-state index contributed by atoms with van der Waals surface area (Å²) in [6.07, 6.45) is 0. The summed E-state index contributed by atoms with van der Waals surface area (Å²) in [5.41, 5.74) is 21.2. The maximum Gasteiger partial charge on any atom is 0.0714 e. The van der Waals surface area contributed by atoms with E-state index in [9.17, 15) is 0 Å². The van der Waals surface area contributed by atoms with Crippen LogP contribution in [-0.4, -0.2) is 0 Å². The summed E-state index contributed by atoms with van der Waals surface area (Å²) in [5.74, 6) is 0. The van der Waals surface area contributed by atoms with E-state index in [0.29, 0.717) is 0 Å². The first kappa shape index (κ1) is 38.7. The summed E-state index contributed by atoms with van der Waals surface area (Å²) < 4.78 is 0. The fraction of sp³-hybridized carbons (Fsp3) is 0.200. The Morgan fingerprint density at radius 1 is 0.410 bits per heavy atom. The average Bonchev–Trinajstić information content (AvgIpc) is 3.70. The second-order valence-electron chi connectivity index (χ2n) is 19.8. The van der Waals surface area contributed by atoms with Crippen LogP contribution < -0.4 is 4.90 Å². The van der Waals surface area contributed by atoms with Crippen molar-refractivity contribution in [2.24, 2.45) is 0 Å². The van der Waals surface area contributed by atoms with E-state index in [1.54, 1.807) is 0 Å². The maximum atomic E-state index is 2.54. The highest BCUT2D eigenvalue weighted by atomic mass is 15.1. The summed E-state index contributed by atoms with van der Waals surface area (Å²) in [4.78, 5) is 2.54. The first-order valence-corrected chi connectivity index (χ1v) is 21.9. The number of hydrogen-bond acceptors (Lipinski definition) is 1. The highest BCUT2D eigenvalue weighted by Crippen LogP contribution is 2.59. The molecule has 0 aromatic heterocycles. The van der Waals surface area contributed by atoms with Crippen LogP contribution in [0.3, 0.4) is 0 Å². The van der Waals surface area contributed by atoms with E-state index in [-0.39, 0.29) is 16.2 Å². The third-order valence-corrected chi connectivity index (χ3v) is 13.6. The van der Waals surface area contributed by atoms with Crippen LogP contribution in [0.1, 0.15) is 99.9 Å². The SMILES string of the molecule is CC(C)(C)c1cc2c(c(C(C)(C)C)c1)C(C)(C)c1cccc(N(c3ccc(-c4ccccc4)cc3)c3cccc(C4(c5ccccc5)c5ccccc5-c5ccccc54)c3)c1-2. The lowest BCUT2D eigenvalue weighted by Crippen LogP contribution is -2.28. The minimum absolute atomic E-state index is 0.0161. The first-order valence-electron chi connectivity index (χ1n) is 21.9. The van der Waals surface area contributed by atoms with E-state index in [1.165, 1.54) is 83.6 Å². The van der Waals surface area contributed by atoms with Gasteiger partial charge in [-0.3, -0.25) is 0 Å². The van der Waals surface area contributed by atoms with Gasteiger partial charge in [-0.2, -0.15) is 0 Å². The minimum Gasteiger partial charge on any atom is -0.310 e. The molecule has 0 amide bonds. The lowest BCUT2D eigenvalue weighted by Gasteiger charge is -2.35. The fourth-order valence-electron chi connectivity index (χ4n) is 10.7. The molecule has 0 aliphatic heterocycles. The van der Waals surface area contributed by atoms with Gasteiger partial charge >= 0.3 is 0 Å². The van der Waals surface area contributed by atoms with Crippen LogP contribution in [-0.2, 0) is 21.7 Å². The van der Waals surface area contributed by atoms with Gasteiger partial charge in [0.1, 0.15) is 0 Å². The van der Waals surface area contributed by atoms with Crippen molar-refractivity contribution in [2.45, 2.75) is 77.0 Å². The fourth-order valence-corrected chi connectivity index (χ4v) is 10.7. The predicted octanol–water partition coefficient (Wildman–Crippen LogP) is 16.1. The van der Waals surface area contributed by atoms with Crippen molar-refractivity contribution in [3.8, 4) is 33.4 Å². The van der Waals surface area contributed by atoms with Crippen LogP contribution in [0, 0.1) is 0 Å². The van der Waals surface area contributed by atoms with Gasteiger partial charge in [-0.05, 0) is 113 Å². The van der Waals surface area contributed by atoms with Crippen LogP contribution in [0.5, 0.6) is 0 Å². The Morgan fingerprint density at radius 2 is 0.951 bits per heavy atom. The summed E-state index contributed by atoms with van der Waals surface area (Å²) in [5, 5.41) is 0. The van der Waals surface area contributed by atoms with Gasteiger partial charge in [0.2, 0.25) is 0 Å². The molecule has 1 heteroatoms. The Balaban J connectivity index is 1.26. The van der Waals surface area contributed by atoms with Crippen LogP contribution >= 0.6 is 0 Å². The van der Waals surface area contributed by atoms with E-state index in [4.69, 9.17) is 0 Å². The minimum atomic E-state index is -0.510. The molecule has 2 aliphatic rings. The zero-order valence-electron chi connectivity index (χ0n) is 36.8. The number of hydrogen-bond donors (Lipinski definition) is 0. The molecular formula is C60H55N. The Hall–Kier alpha value is -6.44. The highest BCUT2D eigenvalue weighted by Gasteiger charge is 2.47. The van der Waals surface area contributed by atoms with E-state index < -0.39 is 5.41 Å². The molecular weight excluding hydrogens is 735 g/mol. The van der Waals surface area contributed by atoms with Gasteiger partial charge in [0.25, 0.3) is 0 Å². The van der Waals surface area contributed by atoms with Crippen LogP contribution in [0.25, 0.3) is 33.4 Å². The van der Waals surface area contributed by atoms with Crippen molar-refractivity contribution in [2.75, 3.05) is 4.90 Å². The standard InChI is InChI=1S/C60H55N/c1-57(2,3)44-38-49-55-52(59(7,8)56(49)53(39-44)58(4,5)6)31-20-32-54(55)61(45-35-33-41(34-36-45)40-21-11-9-12-22-40)46-26-19-25-43(37-46)60(42-23-13-10-14-24-42)50-29-17-15-27-47(50)48-28-16-18-30-51(48)60/h9-39H,1-8H3. The van der Waals surface area contributed by atoms with Gasteiger partial charge in [0.15, 0.2) is 0 Å². The molecule has 0 bridgehead atoms. The zero-order valence-corrected chi connectivity index (χ0v) is 36.8. The monoisotopic (exact) mass is 789 g/mol. The van der Waals surface area contributed by atoms with Crippen molar-refractivity contribution in [3.05, 3.63) is 233 Å². The molecule has 8 aromatic carbocycles. The maximum absolute atomic E-state index is 2.54. The summed E-state index contributed by atoms with van der Waals surface area (Å²) in [7, 11) is 0.